The number of carboxylic acids is 1. The molecule has 0 bridgehead atoms. The fourth-order valence-electron chi connectivity index (χ4n) is 3.73. The number of hydrogen-bond acceptors (Lipinski definition) is 3. The van der Waals surface area contributed by atoms with Gasteiger partial charge in [0, 0.05) is 19.0 Å². The zero-order valence-corrected chi connectivity index (χ0v) is 13.0. The maximum atomic E-state index is 11.5. The van der Waals surface area contributed by atoms with Gasteiger partial charge in [-0.1, -0.05) is 26.7 Å². The summed E-state index contributed by atoms with van der Waals surface area (Å²) in [5.41, 5.74) is 0. The summed E-state index contributed by atoms with van der Waals surface area (Å²) in [6.45, 7) is 5.79. The largest absolute Gasteiger partial charge is 0.481 e. The molecular formula is C15H28N2O3. The van der Waals surface area contributed by atoms with E-state index in [0.29, 0.717) is 12.3 Å². The van der Waals surface area contributed by atoms with Crippen LogP contribution in [-0.4, -0.2) is 36.1 Å². The SMILES string of the molecule is CCC(CC)[C@@H](NC(C)=O)[C@H]1CC[C@H](C(=O)O)C1NC. The van der Waals surface area contributed by atoms with Crippen molar-refractivity contribution in [3.8, 4) is 0 Å². The Morgan fingerprint density at radius 1 is 1.25 bits per heavy atom. The van der Waals surface area contributed by atoms with E-state index in [0.717, 1.165) is 19.3 Å². The van der Waals surface area contributed by atoms with Crippen molar-refractivity contribution in [3.63, 3.8) is 0 Å². The first-order chi connectivity index (χ1) is 9.46. The summed E-state index contributed by atoms with van der Waals surface area (Å²) in [5.74, 6) is -0.536. The third-order valence-corrected chi connectivity index (χ3v) is 4.74. The minimum Gasteiger partial charge on any atom is -0.481 e. The first kappa shape index (κ1) is 17.0. The van der Waals surface area contributed by atoms with Crippen LogP contribution in [0.5, 0.6) is 0 Å². The van der Waals surface area contributed by atoms with E-state index in [1.807, 2.05) is 7.05 Å². The molecule has 1 saturated carbocycles. The number of aliphatic carboxylic acids is 1. The summed E-state index contributed by atoms with van der Waals surface area (Å²) < 4.78 is 0. The van der Waals surface area contributed by atoms with E-state index in [1.54, 1.807) is 0 Å². The molecular weight excluding hydrogens is 256 g/mol. The molecule has 3 N–H and O–H groups in total. The summed E-state index contributed by atoms with van der Waals surface area (Å²) in [5, 5.41) is 15.6. The molecule has 0 saturated heterocycles. The van der Waals surface area contributed by atoms with Crippen molar-refractivity contribution in [3.05, 3.63) is 0 Å². The smallest absolute Gasteiger partial charge is 0.308 e. The monoisotopic (exact) mass is 284 g/mol. The number of carbonyl (C=O) groups excluding carboxylic acids is 1. The molecule has 5 heteroatoms. The highest BCUT2D eigenvalue weighted by Gasteiger charge is 2.44. The lowest BCUT2D eigenvalue weighted by molar-refractivity contribution is -0.142. The molecule has 1 unspecified atom stereocenters. The number of rotatable bonds is 7. The minimum absolute atomic E-state index is 0.0319. The standard InChI is InChI=1S/C15H28N2O3/c1-5-10(6-2)13(17-9(3)18)11-7-8-12(15(19)20)14(11)16-4/h10-14,16H,5-8H2,1-4H3,(H,17,18)(H,19,20)/t11-,12+,13-,14?/m1/s1. The molecule has 0 aliphatic heterocycles. The summed E-state index contributed by atoms with van der Waals surface area (Å²) >= 11 is 0. The molecule has 0 aromatic carbocycles. The van der Waals surface area contributed by atoms with Gasteiger partial charge in [-0.15, -0.1) is 0 Å². The van der Waals surface area contributed by atoms with Crippen LogP contribution in [0.25, 0.3) is 0 Å². The van der Waals surface area contributed by atoms with Gasteiger partial charge in [-0.3, -0.25) is 9.59 Å². The van der Waals surface area contributed by atoms with Gasteiger partial charge in [-0.25, -0.2) is 0 Å². The number of hydrogen-bond donors (Lipinski definition) is 3. The van der Waals surface area contributed by atoms with Gasteiger partial charge in [0.2, 0.25) is 5.91 Å². The predicted molar refractivity (Wildman–Crippen MR) is 78.4 cm³/mol. The molecule has 0 aromatic rings. The van der Waals surface area contributed by atoms with Crippen LogP contribution in [0.3, 0.4) is 0 Å². The predicted octanol–water partition coefficient (Wildman–Crippen LogP) is 1.63. The molecule has 1 rings (SSSR count). The third-order valence-electron chi connectivity index (χ3n) is 4.74. The quantitative estimate of drug-likeness (QED) is 0.664. The Morgan fingerprint density at radius 2 is 1.85 bits per heavy atom. The van der Waals surface area contributed by atoms with Crippen LogP contribution in [-0.2, 0) is 9.59 Å². The van der Waals surface area contributed by atoms with E-state index in [1.165, 1.54) is 6.92 Å². The molecule has 4 atom stereocenters. The number of carbonyl (C=O) groups is 2. The normalized spacial score (nSPS) is 27.6. The Morgan fingerprint density at radius 3 is 2.25 bits per heavy atom. The van der Waals surface area contributed by atoms with Crippen molar-refractivity contribution >= 4 is 11.9 Å². The maximum absolute atomic E-state index is 11.5. The first-order valence-corrected chi connectivity index (χ1v) is 7.63. The van der Waals surface area contributed by atoms with Gasteiger partial charge >= 0.3 is 5.97 Å². The second kappa shape index (κ2) is 7.62. The van der Waals surface area contributed by atoms with E-state index < -0.39 is 5.97 Å². The fourth-order valence-corrected chi connectivity index (χ4v) is 3.73. The van der Waals surface area contributed by atoms with Gasteiger partial charge in [-0.2, -0.15) is 0 Å². The number of amides is 1. The van der Waals surface area contributed by atoms with Gasteiger partial charge in [-0.05, 0) is 31.7 Å². The summed E-state index contributed by atoms with van der Waals surface area (Å²) in [6.07, 6.45) is 3.52. The average Bonchev–Trinajstić information content (AvgIpc) is 2.82. The molecule has 1 aliphatic rings. The van der Waals surface area contributed by atoms with Crippen LogP contribution in [0.2, 0.25) is 0 Å². The van der Waals surface area contributed by atoms with Gasteiger partial charge in [0.15, 0.2) is 0 Å². The van der Waals surface area contributed by atoms with Gasteiger partial charge < -0.3 is 15.7 Å². The molecule has 116 valence electrons. The van der Waals surface area contributed by atoms with Crippen LogP contribution >= 0.6 is 0 Å². The van der Waals surface area contributed by atoms with Crippen molar-refractivity contribution in [1.82, 2.24) is 10.6 Å². The fraction of sp³-hybridized carbons (Fsp3) is 0.867. The lowest BCUT2D eigenvalue weighted by Crippen LogP contribution is -2.51. The Hall–Kier alpha value is -1.10. The van der Waals surface area contributed by atoms with Crippen molar-refractivity contribution in [2.45, 2.75) is 58.5 Å². The molecule has 0 radical (unpaired) electrons. The van der Waals surface area contributed by atoms with Gasteiger partial charge in [0.25, 0.3) is 0 Å². The second-order valence-corrected chi connectivity index (χ2v) is 5.80. The van der Waals surface area contributed by atoms with Gasteiger partial charge in [0.1, 0.15) is 0 Å². The summed E-state index contributed by atoms with van der Waals surface area (Å²) in [4.78, 5) is 22.9. The summed E-state index contributed by atoms with van der Waals surface area (Å²) in [7, 11) is 1.82. The summed E-state index contributed by atoms with van der Waals surface area (Å²) in [6, 6.07) is -0.00532. The van der Waals surface area contributed by atoms with Crippen molar-refractivity contribution in [2.75, 3.05) is 7.05 Å². The van der Waals surface area contributed by atoms with E-state index >= 15 is 0 Å². The molecule has 20 heavy (non-hydrogen) atoms. The highest BCUT2D eigenvalue weighted by atomic mass is 16.4. The molecule has 0 aromatic heterocycles. The van der Waals surface area contributed by atoms with Crippen LogP contribution in [0, 0.1) is 17.8 Å². The zero-order chi connectivity index (χ0) is 15.3. The molecule has 1 amide bonds. The Bertz CT molecular complexity index is 342. The maximum Gasteiger partial charge on any atom is 0.308 e. The van der Waals surface area contributed by atoms with E-state index in [4.69, 9.17) is 0 Å². The van der Waals surface area contributed by atoms with E-state index in [-0.39, 0.29) is 29.8 Å². The molecule has 0 spiro atoms. The second-order valence-electron chi connectivity index (χ2n) is 5.80. The molecule has 1 aliphatic carbocycles. The van der Waals surface area contributed by atoms with Crippen LogP contribution in [0.15, 0.2) is 0 Å². The van der Waals surface area contributed by atoms with Crippen LogP contribution < -0.4 is 10.6 Å². The number of carboxylic acid groups (broad SMARTS) is 1. The lowest BCUT2D eigenvalue weighted by Gasteiger charge is -2.35. The Kier molecular flexibility index (Phi) is 6.46. The van der Waals surface area contributed by atoms with Gasteiger partial charge in [0.05, 0.1) is 5.92 Å². The molecule has 1 fully saturated rings. The van der Waals surface area contributed by atoms with E-state index in [2.05, 4.69) is 24.5 Å². The van der Waals surface area contributed by atoms with E-state index in [9.17, 15) is 14.7 Å². The minimum atomic E-state index is -0.738. The molecule has 5 nitrogen and oxygen atoms in total. The zero-order valence-electron chi connectivity index (χ0n) is 13.0. The Balaban J connectivity index is 2.94. The highest BCUT2D eigenvalue weighted by Crippen LogP contribution is 2.37. The van der Waals surface area contributed by atoms with Crippen molar-refractivity contribution in [1.29, 1.82) is 0 Å². The topological polar surface area (TPSA) is 78.4 Å². The van der Waals surface area contributed by atoms with Crippen molar-refractivity contribution in [2.24, 2.45) is 17.8 Å². The van der Waals surface area contributed by atoms with Crippen molar-refractivity contribution < 1.29 is 14.7 Å². The first-order valence-electron chi connectivity index (χ1n) is 7.63. The third kappa shape index (κ3) is 3.72. The highest BCUT2D eigenvalue weighted by molar-refractivity contribution is 5.73. The van der Waals surface area contributed by atoms with Crippen LogP contribution in [0.1, 0.15) is 46.5 Å². The Labute approximate surface area is 121 Å². The molecule has 0 heterocycles. The number of nitrogens with one attached hydrogen (secondary N) is 2. The lowest BCUT2D eigenvalue weighted by atomic mass is 9.81. The average molecular weight is 284 g/mol. The van der Waals surface area contributed by atoms with Crippen LogP contribution in [0.4, 0.5) is 0 Å².